The molecular formula is C16H23BrO2. The molecule has 0 aromatic heterocycles. The summed E-state index contributed by atoms with van der Waals surface area (Å²) < 4.78 is 6.42. The minimum atomic E-state index is -0.424. The number of aryl methyl sites for hydroxylation is 1. The molecule has 0 spiro atoms. The lowest BCUT2D eigenvalue weighted by Gasteiger charge is -2.18. The van der Waals surface area contributed by atoms with Crippen molar-refractivity contribution < 1.29 is 9.84 Å². The van der Waals surface area contributed by atoms with E-state index in [1.807, 2.05) is 19.1 Å². The molecule has 0 aliphatic heterocycles. The molecule has 1 N–H and O–H groups in total. The van der Waals surface area contributed by atoms with Crippen LogP contribution in [-0.2, 0) is 0 Å². The van der Waals surface area contributed by atoms with Crippen molar-refractivity contribution in [1.82, 2.24) is 0 Å². The van der Waals surface area contributed by atoms with Crippen molar-refractivity contribution >= 4 is 15.9 Å². The molecular weight excluding hydrogens is 304 g/mol. The van der Waals surface area contributed by atoms with E-state index in [4.69, 9.17) is 4.74 Å². The highest BCUT2D eigenvalue weighted by Crippen LogP contribution is 2.36. The molecule has 0 amide bonds. The molecule has 0 radical (unpaired) electrons. The van der Waals surface area contributed by atoms with E-state index in [1.54, 1.807) is 7.11 Å². The molecule has 106 valence electrons. The molecule has 3 heteroatoms. The molecule has 2 nitrogen and oxygen atoms in total. The van der Waals surface area contributed by atoms with Crippen LogP contribution in [0.4, 0.5) is 0 Å². The van der Waals surface area contributed by atoms with Crippen LogP contribution in [0.5, 0.6) is 5.75 Å². The van der Waals surface area contributed by atoms with Crippen LogP contribution in [0.3, 0.4) is 0 Å². The molecule has 1 unspecified atom stereocenters. The predicted molar refractivity (Wildman–Crippen MR) is 81.6 cm³/mol. The number of benzene rings is 1. The third kappa shape index (κ3) is 3.73. The van der Waals surface area contributed by atoms with Crippen LogP contribution >= 0.6 is 15.9 Å². The number of aliphatic hydroxyl groups excluding tert-OH is 1. The molecule has 0 heterocycles. The van der Waals surface area contributed by atoms with Gasteiger partial charge in [0.15, 0.2) is 0 Å². The predicted octanol–water partition coefficient (Wildman–Crippen LogP) is 4.77. The first-order chi connectivity index (χ1) is 9.11. The summed E-state index contributed by atoms with van der Waals surface area (Å²) in [5, 5.41) is 10.4. The molecule has 1 aromatic carbocycles. The van der Waals surface area contributed by atoms with E-state index in [2.05, 4.69) is 15.9 Å². The van der Waals surface area contributed by atoms with E-state index >= 15 is 0 Å². The van der Waals surface area contributed by atoms with E-state index in [9.17, 15) is 5.11 Å². The summed E-state index contributed by atoms with van der Waals surface area (Å²) in [6, 6.07) is 3.98. The number of halogens is 1. The Morgan fingerprint density at radius 1 is 1.37 bits per heavy atom. The van der Waals surface area contributed by atoms with Gasteiger partial charge in [0.25, 0.3) is 0 Å². The van der Waals surface area contributed by atoms with Crippen LogP contribution in [0.1, 0.15) is 55.8 Å². The van der Waals surface area contributed by atoms with Gasteiger partial charge in [0.2, 0.25) is 0 Å². The highest BCUT2D eigenvalue weighted by molar-refractivity contribution is 9.10. The standard InChI is InChI=1S/C16H23BrO2/c1-11-9-16(19-2)13(10-14(11)17)15(18)8-7-12-5-3-4-6-12/h9-10,12,15,18H,3-8H2,1-2H3. The molecule has 1 fully saturated rings. The Morgan fingerprint density at radius 3 is 2.68 bits per heavy atom. The van der Waals surface area contributed by atoms with Crippen molar-refractivity contribution in [3.05, 3.63) is 27.7 Å². The molecule has 1 atom stereocenters. The fourth-order valence-corrected chi connectivity index (χ4v) is 3.32. The lowest BCUT2D eigenvalue weighted by Crippen LogP contribution is -2.04. The van der Waals surface area contributed by atoms with E-state index in [1.165, 1.54) is 25.7 Å². The van der Waals surface area contributed by atoms with Crippen LogP contribution in [0, 0.1) is 12.8 Å². The van der Waals surface area contributed by atoms with Crippen LogP contribution in [0.25, 0.3) is 0 Å². The highest BCUT2D eigenvalue weighted by Gasteiger charge is 2.19. The Labute approximate surface area is 124 Å². The van der Waals surface area contributed by atoms with Crippen LogP contribution in [0.2, 0.25) is 0 Å². The van der Waals surface area contributed by atoms with Gasteiger partial charge in [-0.05, 0) is 43.4 Å². The number of hydrogen-bond donors (Lipinski definition) is 1. The zero-order chi connectivity index (χ0) is 13.8. The Bertz CT molecular complexity index is 425. The monoisotopic (exact) mass is 326 g/mol. The first-order valence-electron chi connectivity index (χ1n) is 7.14. The second-order valence-corrected chi connectivity index (χ2v) is 6.44. The number of hydrogen-bond acceptors (Lipinski definition) is 2. The number of rotatable bonds is 5. The first-order valence-corrected chi connectivity index (χ1v) is 7.93. The lowest BCUT2D eigenvalue weighted by molar-refractivity contribution is 0.153. The topological polar surface area (TPSA) is 29.5 Å². The van der Waals surface area contributed by atoms with Crippen molar-refractivity contribution in [3.8, 4) is 5.75 Å². The largest absolute Gasteiger partial charge is 0.496 e. The first kappa shape index (κ1) is 14.9. The van der Waals surface area contributed by atoms with E-state index in [0.29, 0.717) is 0 Å². The van der Waals surface area contributed by atoms with Crippen LogP contribution in [-0.4, -0.2) is 12.2 Å². The average molecular weight is 327 g/mol. The maximum Gasteiger partial charge on any atom is 0.125 e. The Kier molecular flexibility index (Phi) is 5.28. The summed E-state index contributed by atoms with van der Waals surface area (Å²) in [6.07, 6.45) is 6.92. The smallest absolute Gasteiger partial charge is 0.125 e. The van der Waals surface area contributed by atoms with Gasteiger partial charge in [0.1, 0.15) is 5.75 Å². The Balaban J connectivity index is 2.04. The van der Waals surface area contributed by atoms with Crippen LogP contribution < -0.4 is 4.74 Å². The van der Waals surface area contributed by atoms with Crippen LogP contribution in [0.15, 0.2) is 16.6 Å². The zero-order valence-electron chi connectivity index (χ0n) is 11.8. The van der Waals surface area contributed by atoms with Gasteiger partial charge in [0, 0.05) is 10.0 Å². The van der Waals surface area contributed by atoms with Gasteiger partial charge in [-0.1, -0.05) is 41.6 Å². The molecule has 0 bridgehead atoms. The van der Waals surface area contributed by atoms with Gasteiger partial charge in [0.05, 0.1) is 13.2 Å². The van der Waals surface area contributed by atoms with Crippen molar-refractivity contribution in [2.75, 3.05) is 7.11 Å². The van der Waals surface area contributed by atoms with Crippen molar-refractivity contribution in [2.24, 2.45) is 5.92 Å². The SMILES string of the molecule is COc1cc(C)c(Br)cc1C(O)CCC1CCCC1. The molecule has 1 aromatic rings. The van der Waals surface area contributed by atoms with Gasteiger partial charge in [-0.2, -0.15) is 0 Å². The number of ether oxygens (including phenoxy) is 1. The van der Waals surface area contributed by atoms with E-state index in [0.717, 1.165) is 40.1 Å². The lowest BCUT2D eigenvalue weighted by atomic mass is 9.95. The summed E-state index contributed by atoms with van der Waals surface area (Å²) in [5.74, 6) is 1.61. The fourth-order valence-electron chi connectivity index (χ4n) is 2.96. The number of methoxy groups -OCH3 is 1. The summed E-state index contributed by atoms with van der Waals surface area (Å²) in [4.78, 5) is 0. The third-order valence-electron chi connectivity index (χ3n) is 4.19. The fraction of sp³-hybridized carbons (Fsp3) is 0.625. The minimum absolute atomic E-state index is 0.424. The normalized spacial score (nSPS) is 17.7. The number of aliphatic hydroxyl groups is 1. The molecule has 1 aliphatic carbocycles. The maximum absolute atomic E-state index is 10.4. The molecule has 2 rings (SSSR count). The second kappa shape index (κ2) is 6.76. The second-order valence-electron chi connectivity index (χ2n) is 5.59. The van der Waals surface area contributed by atoms with Crippen molar-refractivity contribution in [1.29, 1.82) is 0 Å². The highest BCUT2D eigenvalue weighted by atomic mass is 79.9. The van der Waals surface area contributed by atoms with E-state index in [-0.39, 0.29) is 0 Å². The Hall–Kier alpha value is -0.540. The van der Waals surface area contributed by atoms with Gasteiger partial charge < -0.3 is 9.84 Å². The molecule has 19 heavy (non-hydrogen) atoms. The summed E-state index contributed by atoms with van der Waals surface area (Å²) >= 11 is 3.53. The quantitative estimate of drug-likeness (QED) is 0.844. The van der Waals surface area contributed by atoms with Crippen molar-refractivity contribution in [3.63, 3.8) is 0 Å². The summed E-state index contributed by atoms with van der Waals surface area (Å²) in [5.41, 5.74) is 2.03. The maximum atomic E-state index is 10.4. The van der Waals surface area contributed by atoms with Gasteiger partial charge in [-0.3, -0.25) is 0 Å². The summed E-state index contributed by atoms with van der Waals surface area (Å²) in [6.45, 7) is 2.03. The van der Waals surface area contributed by atoms with Gasteiger partial charge >= 0.3 is 0 Å². The molecule has 0 saturated heterocycles. The third-order valence-corrected chi connectivity index (χ3v) is 5.05. The Morgan fingerprint density at radius 2 is 2.05 bits per heavy atom. The summed E-state index contributed by atoms with van der Waals surface area (Å²) in [7, 11) is 1.66. The van der Waals surface area contributed by atoms with Gasteiger partial charge in [-0.15, -0.1) is 0 Å². The van der Waals surface area contributed by atoms with E-state index < -0.39 is 6.10 Å². The molecule has 1 aliphatic rings. The average Bonchev–Trinajstić information content (AvgIpc) is 2.91. The van der Waals surface area contributed by atoms with Gasteiger partial charge in [-0.25, -0.2) is 0 Å². The zero-order valence-corrected chi connectivity index (χ0v) is 13.4. The molecule has 1 saturated carbocycles. The van der Waals surface area contributed by atoms with Crippen molar-refractivity contribution in [2.45, 2.75) is 51.6 Å². The minimum Gasteiger partial charge on any atom is -0.496 e.